The molecular weight excluding hydrogens is 897 g/mol. The van der Waals surface area contributed by atoms with Gasteiger partial charge in [-0.05, 0) is 127 Å². The molecule has 1 aromatic rings. The standard InChI is InChI=1S/C58H94O9Si2/c1-16-40-22-25-46-51(62-40)55-54-53(64-46)52-50(65-54)33-58(66-52,67-55)27-26-42-29-36(3)45(60-42)24-23-41-28-35(2)37(4)48(61-41)32-49-44(30-39-20-18-17-19-21-39)38(5)47(63-49)31-43(68(12,13)56(6,7)8)34-59-69(14,15)57(9,10)11/h17-21,35,38,40-55H,3-4,16,22-34H2,1-2,5-15H3/t35-,38-,40+,41?,42?,43+,44-,45+,46+,47-,48-,49?,50-,51+,52+,53+,54-,55+,58+/m1/s1. The van der Waals surface area contributed by atoms with Crippen LogP contribution in [0.1, 0.15) is 145 Å². The van der Waals surface area contributed by atoms with E-state index < -0.39 is 22.2 Å². The van der Waals surface area contributed by atoms with Crippen LogP contribution in [0, 0.1) is 17.8 Å². The molecule has 6 bridgehead atoms. The van der Waals surface area contributed by atoms with Gasteiger partial charge in [0.1, 0.15) is 30.5 Å². The largest absolute Gasteiger partial charge is 0.417 e. The van der Waals surface area contributed by atoms with Gasteiger partial charge in [-0.2, -0.15) is 0 Å². The first-order chi connectivity index (χ1) is 32.5. The molecular formula is C58H94O9Si2. The third-order valence-electron chi connectivity index (χ3n) is 20.2. The second kappa shape index (κ2) is 20.1. The minimum absolute atomic E-state index is 0.00847. The van der Waals surface area contributed by atoms with E-state index in [1.54, 1.807) is 0 Å². The summed E-state index contributed by atoms with van der Waals surface area (Å²) >= 11 is 0. The Balaban J connectivity index is 0.824. The van der Waals surface area contributed by atoms with Gasteiger partial charge in [0.05, 0.1) is 63.0 Å². The maximum absolute atomic E-state index is 7.43. The van der Waals surface area contributed by atoms with Crippen molar-refractivity contribution in [3.05, 3.63) is 60.2 Å². The van der Waals surface area contributed by atoms with Gasteiger partial charge in [-0.3, -0.25) is 0 Å². The smallest absolute Gasteiger partial charge is 0.191 e. The van der Waals surface area contributed by atoms with Crippen LogP contribution in [0.15, 0.2) is 54.6 Å². The average Bonchev–Trinajstić information content (AvgIpc) is 3.96. The van der Waals surface area contributed by atoms with Gasteiger partial charge in [0.2, 0.25) is 0 Å². The van der Waals surface area contributed by atoms with Crippen molar-refractivity contribution in [3.63, 3.8) is 0 Å². The molecule has 0 saturated carbocycles. The fraction of sp³-hybridized carbons (Fsp3) is 0.828. The average molecular weight is 992 g/mol. The van der Waals surface area contributed by atoms with Crippen LogP contribution in [0.2, 0.25) is 41.8 Å². The Kier molecular flexibility index (Phi) is 15.4. The van der Waals surface area contributed by atoms with Gasteiger partial charge < -0.3 is 42.3 Å². The second-order valence-corrected chi connectivity index (χ2v) is 37.2. The van der Waals surface area contributed by atoms with E-state index >= 15 is 0 Å². The van der Waals surface area contributed by atoms with Crippen molar-refractivity contribution >= 4 is 16.4 Å². The Morgan fingerprint density at radius 3 is 2.13 bits per heavy atom. The summed E-state index contributed by atoms with van der Waals surface area (Å²) in [6, 6.07) is 11.1. The summed E-state index contributed by atoms with van der Waals surface area (Å²) in [5.41, 5.74) is 4.29. The summed E-state index contributed by atoms with van der Waals surface area (Å²) in [4.78, 5) is 0. The predicted molar refractivity (Wildman–Crippen MR) is 280 cm³/mol. The molecule has 11 heteroatoms. The molecule has 10 rings (SSSR count). The van der Waals surface area contributed by atoms with Crippen LogP contribution >= 0.6 is 0 Å². The lowest BCUT2D eigenvalue weighted by atomic mass is 9.79. The molecule has 9 saturated heterocycles. The molecule has 388 valence electrons. The first-order valence-electron chi connectivity index (χ1n) is 27.8. The van der Waals surface area contributed by atoms with Crippen LogP contribution in [0.25, 0.3) is 0 Å². The van der Waals surface area contributed by atoms with Gasteiger partial charge in [0, 0.05) is 25.9 Å². The maximum Gasteiger partial charge on any atom is 0.191 e. The van der Waals surface area contributed by atoms with Crippen molar-refractivity contribution in [3.8, 4) is 0 Å². The highest BCUT2D eigenvalue weighted by molar-refractivity contribution is 6.81. The van der Waals surface area contributed by atoms with E-state index in [1.165, 1.54) is 16.7 Å². The van der Waals surface area contributed by atoms with E-state index in [9.17, 15) is 0 Å². The van der Waals surface area contributed by atoms with E-state index in [-0.39, 0.29) is 95.5 Å². The highest BCUT2D eigenvalue weighted by Gasteiger charge is 2.68. The summed E-state index contributed by atoms with van der Waals surface area (Å²) in [5.74, 6) is 0.485. The van der Waals surface area contributed by atoms with E-state index in [2.05, 4.69) is 125 Å². The van der Waals surface area contributed by atoms with Crippen molar-refractivity contribution in [2.45, 2.75) is 279 Å². The zero-order valence-electron chi connectivity index (χ0n) is 45.3. The molecule has 9 aliphatic heterocycles. The summed E-state index contributed by atoms with van der Waals surface area (Å²) in [6.07, 6.45) is 12.2. The maximum atomic E-state index is 7.43. The zero-order valence-corrected chi connectivity index (χ0v) is 47.3. The highest BCUT2D eigenvalue weighted by atomic mass is 28.4. The molecule has 3 unspecified atom stereocenters. The Morgan fingerprint density at radius 1 is 0.725 bits per heavy atom. The molecule has 0 aromatic heterocycles. The van der Waals surface area contributed by atoms with Gasteiger partial charge >= 0.3 is 0 Å². The van der Waals surface area contributed by atoms with Crippen LogP contribution in [0.3, 0.4) is 0 Å². The number of ether oxygens (including phenoxy) is 8. The minimum Gasteiger partial charge on any atom is -0.417 e. The fourth-order valence-corrected chi connectivity index (χ4v) is 17.1. The minimum atomic E-state index is -1.93. The Hall–Kier alpha value is -1.23. The number of fused-ring (bicyclic) bond motifs is 1. The molecule has 9 heterocycles. The molecule has 9 nitrogen and oxygen atoms in total. The summed E-state index contributed by atoms with van der Waals surface area (Å²) in [5, 5.41) is 0.415. The monoisotopic (exact) mass is 991 g/mol. The second-order valence-electron chi connectivity index (χ2n) is 26.6. The SMILES string of the molecule is C=C1CC(CC[C@@]23C[C@H]4O[C@H]5[C@@H](O2)[C@H]2O[C@@H](CC)CC[C@@H]2O[C@H]5[C@H]4O3)O[C@H]1CCC1C[C@@H](C)C(=C)[C@@H](CC2O[C@H](C[C@@H](CO[Si](C)(C)C(C)(C)C)[Si](C)(C)C(C)(C)C)[C@H](C)[C@H]2Cc2ccccc2)O1. The van der Waals surface area contributed by atoms with Crippen LogP contribution in [0.5, 0.6) is 0 Å². The molecule has 0 amide bonds. The van der Waals surface area contributed by atoms with Crippen molar-refractivity contribution < 1.29 is 42.3 Å². The topological polar surface area (TPSA) is 83.1 Å². The van der Waals surface area contributed by atoms with Crippen molar-refractivity contribution in [2.24, 2.45) is 17.8 Å². The van der Waals surface area contributed by atoms with Crippen LogP contribution < -0.4 is 0 Å². The van der Waals surface area contributed by atoms with E-state index in [0.717, 1.165) is 90.1 Å². The summed E-state index contributed by atoms with van der Waals surface area (Å²) in [6.45, 7) is 41.6. The van der Waals surface area contributed by atoms with Crippen molar-refractivity contribution in [1.82, 2.24) is 0 Å². The van der Waals surface area contributed by atoms with Gasteiger partial charge in [-0.15, -0.1) is 0 Å². The van der Waals surface area contributed by atoms with Crippen molar-refractivity contribution in [1.29, 1.82) is 0 Å². The van der Waals surface area contributed by atoms with E-state index in [0.29, 0.717) is 23.3 Å². The molecule has 19 atom stereocenters. The third kappa shape index (κ3) is 10.7. The number of hydrogen-bond donors (Lipinski definition) is 0. The molecule has 0 N–H and O–H groups in total. The van der Waals surface area contributed by atoms with Gasteiger partial charge in [0.25, 0.3) is 0 Å². The lowest BCUT2D eigenvalue weighted by molar-refractivity contribution is -0.292. The number of rotatable bonds is 17. The van der Waals surface area contributed by atoms with Gasteiger partial charge in [-0.25, -0.2) is 0 Å². The van der Waals surface area contributed by atoms with Crippen LogP contribution in [-0.4, -0.2) is 114 Å². The first kappa shape index (κ1) is 52.6. The lowest BCUT2D eigenvalue weighted by Gasteiger charge is -2.47. The molecule has 9 aliphatic rings. The molecule has 0 spiro atoms. The fourth-order valence-electron chi connectivity index (χ4n) is 13.3. The molecule has 0 aliphatic carbocycles. The molecule has 69 heavy (non-hydrogen) atoms. The third-order valence-corrected chi connectivity index (χ3v) is 31.0. The summed E-state index contributed by atoms with van der Waals surface area (Å²) in [7, 11) is -3.74. The van der Waals surface area contributed by atoms with Gasteiger partial charge in [-0.1, -0.05) is 119 Å². The normalized spacial score (nSPS) is 41.7. The Bertz CT molecular complexity index is 1950. The van der Waals surface area contributed by atoms with Crippen LogP contribution in [0.4, 0.5) is 0 Å². The van der Waals surface area contributed by atoms with Crippen LogP contribution in [-0.2, 0) is 48.7 Å². The first-order valence-corrected chi connectivity index (χ1v) is 33.8. The summed E-state index contributed by atoms with van der Waals surface area (Å²) < 4.78 is 62.3. The highest BCUT2D eigenvalue weighted by Crippen LogP contribution is 2.55. The Morgan fingerprint density at radius 2 is 1.42 bits per heavy atom. The van der Waals surface area contributed by atoms with E-state index in [1.807, 2.05) is 0 Å². The molecule has 9 fully saturated rings. The molecule has 1 aromatic carbocycles. The lowest BCUT2D eigenvalue weighted by Crippen LogP contribution is -2.61. The van der Waals surface area contributed by atoms with Gasteiger partial charge in [0.15, 0.2) is 14.1 Å². The van der Waals surface area contributed by atoms with Crippen molar-refractivity contribution in [2.75, 3.05) is 6.61 Å². The Labute approximate surface area is 420 Å². The predicted octanol–water partition coefficient (Wildman–Crippen LogP) is 12.9. The van der Waals surface area contributed by atoms with E-state index in [4.69, 9.17) is 48.9 Å². The molecule has 0 radical (unpaired) electrons. The zero-order chi connectivity index (χ0) is 49.4. The quantitative estimate of drug-likeness (QED) is 0.112. The number of benzene rings is 1. The number of hydrogen-bond acceptors (Lipinski definition) is 9.